The van der Waals surface area contributed by atoms with E-state index in [0.29, 0.717) is 29.2 Å². The van der Waals surface area contributed by atoms with E-state index in [4.69, 9.17) is 14.7 Å². The molecular weight excluding hydrogens is 425 g/mol. The first-order valence-corrected chi connectivity index (χ1v) is 10.8. The van der Waals surface area contributed by atoms with E-state index >= 15 is 0 Å². The molecule has 1 amide bonds. The zero-order valence-electron chi connectivity index (χ0n) is 18.5. The van der Waals surface area contributed by atoms with Crippen molar-refractivity contribution in [1.82, 2.24) is 10.2 Å². The van der Waals surface area contributed by atoms with Gasteiger partial charge < -0.3 is 24.8 Å². The van der Waals surface area contributed by atoms with Crippen molar-refractivity contribution in [2.75, 3.05) is 33.4 Å². The molecule has 2 aromatic rings. The number of hydrogen-bond donors (Lipinski definition) is 2. The first kappa shape index (κ1) is 24.2. The number of methoxy groups -OCH3 is 1. The summed E-state index contributed by atoms with van der Waals surface area (Å²) in [6, 6.07) is 12.6. The van der Waals surface area contributed by atoms with Crippen LogP contribution in [0.4, 0.5) is 4.39 Å². The highest BCUT2D eigenvalue weighted by molar-refractivity contribution is 5.92. The molecule has 0 aromatic heterocycles. The highest BCUT2D eigenvalue weighted by Gasteiger charge is 2.23. The number of ether oxygens (including phenoxy) is 2. The Labute approximate surface area is 193 Å². The molecule has 1 fully saturated rings. The molecule has 8 heteroatoms. The van der Waals surface area contributed by atoms with Gasteiger partial charge in [-0.05, 0) is 61.4 Å². The Kier molecular flexibility index (Phi) is 8.81. The summed E-state index contributed by atoms with van der Waals surface area (Å²) in [6.07, 6.45) is 4.61. The van der Waals surface area contributed by atoms with Gasteiger partial charge in [-0.25, -0.2) is 4.39 Å². The van der Waals surface area contributed by atoms with Gasteiger partial charge in [0.15, 0.2) is 0 Å². The highest BCUT2D eigenvalue weighted by Crippen LogP contribution is 2.21. The van der Waals surface area contributed by atoms with Crippen LogP contribution in [-0.2, 0) is 4.79 Å². The lowest BCUT2D eigenvalue weighted by Crippen LogP contribution is -2.48. The van der Waals surface area contributed by atoms with Gasteiger partial charge in [0, 0.05) is 31.3 Å². The fourth-order valence-corrected chi connectivity index (χ4v) is 3.72. The smallest absolute Gasteiger partial charge is 0.244 e. The third kappa shape index (κ3) is 7.31. The first-order valence-electron chi connectivity index (χ1n) is 10.8. The predicted octanol–water partition coefficient (Wildman–Crippen LogP) is 2.74. The molecule has 1 saturated heterocycles. The van der Waals surface area contributed by atoms with E-state index in [9.17, 15) is 14.3 Å². The summed E-state index contributed by atoms with van der Waals surface area (Å²) in [5.41, 5.74) is 1.09. The normalized spacial score (nSPS) is 15.7. The van der Waals surface area contributed by atoms with Crippen LogP contribution in [0.1, 0.15) is 24.0 Å². The summed E-state index contributed by atoms with van der Waals surface area (Å²) >= 11 is 0. The second-order valence-electron chi connectivity index (χ2n) is 7.86. The molecule has 1 heterocycles. The third-order valence-corrected chi connectivity index (χ3v) is 5.47. The molecule has 3 rings (SSSR count). The molecular formula is C25H28FN3O4. The van der Waals surface area contributed by atoms with Gasteiger partial charge in [0.25, 0.3) is 0 Å². The average Bonchev–Trinajstić information content (AvgIpc) is 2.84. The molecule has 0 aliphatic carbocycles. The van der Waals surface area contributed by atoms with Crippen molar-refractivity contribution < 1.29 is 23.8 Å². The van der Waals surface area contributed by atoms with Gasteiger partial charge in [-0.1, -0.05) is 0 Å². The molecule has 1 aliphatic heterocycles. The summed E-state index contributed by atoms with van der Waals surface area (Å²) in [5, 5.41) is 21.6. The monoisotopic (exact) mass is 453 g/mol. The van der Waals surface area contributed by atoms with E-state index in [0.717, 1.165) is 25.9 Å². The number of piperidine rings is 1. The molecule has 2 aromatic carbocycles. The van der Waals surface area contributed by atoms with Crippen molar-refractivity contribution >= 4 is 12.0 Å². The van der Waals surface area contributed by atoms with Gasteiger partial charge >= 0.3 is 0 Å². The van der Waals surface area contributed by atoms with Crippen LogP contribution in [0.2, 0.25) is 0 Å². The maximum atomic E-state index is 13.0. The van der Waals surface area contributed by atoms with E-state index in [1.54, 1.807) is 36.4 Å². The average molecular weight is 454 g/mol. The largest absolute Gasteiger partial charge is 0.496 e. The lowest BCUT2D eigenvalue weighted by molar-refractivity contribution is -0.117. The molecule has 7 nitrogen and oxygen atoms in total. The number of hydrogen-bond acceptors (Lipinski definition) is 6. The number of carbonyl (C=O) groups excluding carboxylic acids is 1. The van der Waals surface area contributed by atoms with Gasteiger partial charge in [-0.15, -0.1) is 0 Å². The van der Waals surface area contributed by atoms with Crippen molar-refractivity contribution in [1.29, 1.82) is 5.26 Å². The number of nitriles is 1. The summed E-state index contributed by atoms with van der Waals surface area (Å²) in [7, 11) is 1.52. The van der Waals surface area contributed by atoms with Crippen LogP contribution < -0.4 is 14.8 Å². The van der Waals surface area contributed by atoms with Crippen molar-refractivity contribution in [2.24, 2.45) is 0 Å². The van der Waals surface area contributed by atoms with Crippen LogP contribution in [-0.4, -0.2) is 61.4 Å². The Morgan fingerprint density at radius 2 is 2.03 bits per heavy atom. The predicted molar refractivity (Wildman–Crippen MR) is 122 cm³/mol. The molecule has 0 bridgehead atoms. The quantitative estimate of drug-likeness (QED) is 0.567. The first-order chi connectivity index (χ1) is 16.0. The SMILES string of the molecule is COc1ccc(C#N)cc1/C=C/C(=O)N[C@H](CO)CN1CCC(Oc2ccc(F)cc2)CC1. The number of likely N-dealkylation sites (tertiary alicyclic amines) is 1. The topological polar surface area (TPSA) is 94.8 Å². The molecule has 1 aliphatic rings. The van der Waals surface area contributed by atoms with E-state index in [1.807, 2.05) is 0 Å². The van der Waals surface area contributed by atoms with E-state index in [-0.39, 0.29) is 24.4 Å². The maximum absolute atomic E-state index is 13.0. The Balaban J connectivity index is 1.47. The van der Waals surface area contributed by atoms with Crippen LogP contribution in [0.5, 0.6) is 11.5 Å². The highest BCUT2D eigenvalue weighted by atomic mass is 19.1. The summed E-state index contributed by atoms with van der Waals surface area (Å²) in [5.74, 6) is 0.577. The molecule has 0 saturated carbocycles. The summed E-state index contributed by atoms with van der Waals surface area (Å²) in [4.78, 5) is 14.6. The number of nitrogens with zero attached hydrogens (tertiary/aromatic N) is 2. The van der Waals surface area contributed by atoms with Gasteiger partial charge in [-0.3, -0.25) is 4.79 Å². The number of benzene rings is 2. The number of aliphatic hydroxyl groups excluding tert-OH is 1. The van der Waals surface area contributed by atoms with E-state index < -0.39 is 6.04 Å². The lowest BCUT2D eigenvalue weighted by Gasteiger charge is -2.34. The fourth-order valence-electron chi connectivity index (χ4n) is 3.72. The van der Waals surface area contributed by atoms with E-state index in [1.165, 1.54) is 25.3 Å². The van der Waals surface area contributed by atoms with Crippen LogP contribution in [0.3, 0.4) is 0 Å². The number of nitrogens with one attached hydrogen (secondary N) is 1. The number of aliphatic hydroxyl groups is 1. The molecule has 2 N–H and O–H groups in total. The Morgan fingerprint density at radius 3 is 2.67 bits per heavy atom. The number of carbonyl (C=O) groups is 1. The van der Waals surface area contributed by atoms with Crippen LogP contribution >= 0.6 is 0 Å². The minimum Gasteiger partial charge on any atom is -0.496 e. The zero-order chi connectivity index (χ0) is 23.6. The van der Waals surface area contributed by atoms with E-state index in [2.05, 4.69) is 16.3 Å². The number of rotatable bonds is 9. The Hall–Kier alpha value is -3.41. The van der Waals surface area contributed by atoms with Gasteiger partial charge in [-0.2, -0.15) is 5.26 Å². The van der Waals surface area contributed by atoms with Gasteiger partial charge in [0.1, 0.15) is 23.4 Å². The summed E-state index contributed by atoms with van der Waals surface area (Å²) < 4.78 is 24.2. The minimum atomic E-state index is -0.413. The standard InChI is InChI=1S/C25H28FN3O4/c1-32-24-8-2-18(15-27)14-19(24)3-9-25(31)28-21(17-30)16-29-12-10-23(11-13-29)33-22-6-4-20(26)5-7-22/h2-9,14,21,23,30H,10-13,16-17H2,1H3,(H,28,31)/b9-3+/t21-/m0/s1. The van der Waals surface area contributed by atoms with Gasteiger partial charge in [0.2, 0.25) is 5.91 Å². The van der Waals surface area contributed by atoms with Crippen molar-refractivity contribution in [3.63, 3.8) is 0 Å². The summed E-state index contributed by atoms with van der Waals surface area (Å²) in [6.45, 7) is 1.88. The maximum Gasteiger partial charge on any atom is 0.244 e. The number of halogens is 1. The zero-order valence-corrected chi connectivity index (χ0v) is 18.5. The Morgan fingerprint density at radius 1 is 1.30 bits per heavy atom. The van der Waals surface area contributed by atoms with Gasteiger partial charge in [0.05, 0.1) is 31.4 Å². The molecule has 0 spiro atoms. The Bertz CT molecular complexity index is 996. The number of amides is 1. The fraction of sp³-hybridized carbons (Fsp3) is 0.360. The third-order valence-electron chi connectivity index (χ3n) is 5.47. The molecule has 33 heavy (non-hydrogen) atoms. The molecule has 0 radical (unpaired) electrons. The van der Waals surface area contributed by atoms with Crippen LogP contribution in [0.15, 0.2) is 48.5 Å². The van der Waals surface area contributed by atoms with Crippen LogP contribution in [0.25, 0.3) is 6.08 Å². The molecule has 0 unspecified atom stereocenters. The van der Waals surface area contributed by atoms with Crippen molar-refractivity contribution in [2.45, 2.75) is 25.0 Å². The van der Waals surface area contributed by atoms with Crippen LogP contribution in [0, 0.1) is 17.1 Å². The minimum absolute atomic E-state index is 0.0518. The lowest BCUT2D eigenvalue weighted by atomic mass is 10.1. The van der Waals surface area contributed by atoms with Crippen molar-refractivity contribution in [3.8, 4) is 17.6 Å². The molecule has 174 valence electrons. The molecule has 1 atom stereocenters. The second kappa shape index (κ2) is 12.0. The van der Waals surface area contributed by atoms with Crippen molar-refractivity contribution in [3.05, 3.63) is 65.5 Å². The second-order valence-corrected chi connectivity index (χ2v) is 7.86.